The highest BCUT2D eigenvalue weighted by molar-refractivity contribution is 5.89. The van der Waals surface area contributed by atoms with Crippen LogP contribution in [0.4, 0.5) is 11.7 Å². The molecule has 0 aliphatic carbocycles. The minimum absolute atomic E-state index is 0.0410. The summed E-state index contributed by atoms with van der Waals surface area (Å²) in [5.41, 5.74) is 4.73. The fourth-order valence-electron chi connectivity index (χ4n) is 4.28. The third-order valence-electron chi connectivity index (χ3n) is 6.27. The van der Waals surface area contributed by atoms with Crippen LogP contribution in [-0.4, -0.2) is 48.1 Å². The molecule has 36 heavy (non-hydrogen) atoms. The van der Waals surface area contributed by atoms with E-state index in [0.717, 1.165) is 28.8 Å². The second kappa shape index (κ2) is 10.1. The Bertz CT molecular complexity index is 1400. The zero-order valence-electron chi connectivity index (χ0n) is 20.2. The van der Waals surface area contributed by atoms with E-state index < -0.39 is 0 Å². The number of hydrogen-bond donors (Lipinski definition) is 1. The highest BCUT2D eigenvalue weighted by Gasteiger charge is 2.27. The van der Waals surface area contributed by atoms with Crippen molar-refractivity contribution in [3.05, 3.63) is 83.4 Å². The molecule has 0 unspecified atom stereocenters. The van der Waals surface area contributed by atoms with E-state index in [1.807, 2.05) is 54.3 Å². The summed E-state index contributed by atoms with van der Waals surface area (Å²) in [6.07, 6.45) is 0.932. The van der Waals surface area contributed by atoms with Gasteiger partial charge in [0.05, 0.1) is 25.6 Å². The molecule has 1 fully saturated rings. The second-order valence-corrected chi connectivity index (χ2v) is 8.82. The first kappa shape index (κ1) is 23.4. The maximum Gasteiger partial charge on any atom is 0.337 e. The molecule has 8 nitrogen and oxygen atoms in total. The number of nitrogens with zero attached hydrogens (tertiary/aromatic N) is 2. The Morgan fingerprint density at radius 1 is 1.11 bits per heavy atom. The molecule has 5 rings (SSSR count). The van der Waals surface area contributed by atoms with Gasteiger partial charge in [-0.2, -0.15) is 4.98 Å². The van der Waals surface area contributed by atoms with E-state index in [-0.39, 0.29) is 24.4 Å². The number of carbonyl (C=O) groups excluding carboxylic acids is 2. The van der Waals surface area contributed by atoms with Crippen LogP contribution in [0.3, 0.4) is 0 Å². The van der Waals surface area contributed by atoms with Crippen molar-refractivity contribution >= 4 is 34.7 Å². The van der Waals surface area contributed by atoms with Gasteiger partial charge >= 0.3 is 5.97 Å². The summed E-state index contributed by atoms with van der Waals surface area (Å²) < 4.78 is 16.6. The van der Waals surface area contributed by atoms with Crippen molar-refractivity contribution in [2.24, 2.45) is 0 Å². The van der Waals surface area contributed by atoms with Gasteiger partial charge in [-0.3, -0.25) is 4.79 Å². The Morgan fingerprint density at radius 3 is 2.69 bits per heavy atom. The maximum absolute atomic E-state index is 12.9. The first-order valence-corrected chi connectivity index (χ1v) is 11.8. The van der Waals surface area contributed by atoms with Crippen LogP contribution in [0.1, 0.15) is 27.9 Å². The molecule has 1 aliphatic rings. The van der Waals surface area contributed by atoms with Gasteiger partial charge in [-0.05, 0) is 60.5 Å². The molecule has 0 radical (unpaired) electrons. The number of fused-ring (bicyclic) bond motifs is 1. The molecule has 1 aromatic heterocycles. The lowest BCUT2D eigenvalue weighted by Crippen LogP contribution is -2.32. The average molecular weight is 486 g/mol. The molecular weight excluding hydrogens is 458 g/mol. The van der Waals surface area contributed by atoms with Gasteiger partial charge in [0.1, 0.15) is 17.4 Å². The van der Waals surface area contributed by atoms with Crippen molar-refractivity contribution in [2.75, 3.05) is 25.5 Å². The van der Waals surface area contributed by atoms with Crippen LogP contribution in [0.2, 0.25) is 0 Å². The maximum atomic E-state index is 12.9. The second-order valence-electron chi connectivity index (χ2n) is 8.82. The number of aryl methyl sites for hydroxylation is 1. The molecule has 4 aromatic rings. The van der Waals surface area contributed by atoms with Gasteiger partial charge < -0.3 is 24.1 Å². The Balaban J connectivity index is 1.18. The van der Waals surface area contributed by atoms with Crippen LogP contribution in [-0.2, 0) is 16.0 Å². The van der Waals surface area contributed by atoms with Crippen molar-refractivity contribution in [1.82, 2.24) is 9.88 Å². The number of carbonyl (C=O) groups is 2. The van der Waals surface area contributed by atoms with E-state index in [0.29, 0.717) is 36.0 Å². The predicted octanol–water partition coefficient (Wildman–Crippen LogP) is 4.89. The first-order valence-electron chi connectivity index (χ1n) is 11.8. The molecule has 8 heteroatoms. The Morgan fingerprint density at radius 2 is 1.92 bits per heavy atom. The number of nitrogens with one attached hydrogen (secondary N) is 1. The molecule has 3 aromatic carbocycles. The number of aromatic nitrogens is 1. The van der Waals surface area contributed by atoms with Crippen molar-refractivity contribution in [3.63, 3.8) is 0 Å². The van der Waals surface area contributed by atoms with E-state index in [1.54, 1.807) is 24.3 Å². The van der Waals surface area contributed by atoms with Gasteiger partial charge in [0, 0.05) is 18.7 Å². The monoisotopic (exact) mass is 485 g/mol. The van der Waals surface area contributed by atoms with Gasteiger partial charge in [-0.1, -0.05) is 24.3 Å². The molecule has 1 saturated heterocycles. The number of benzene rings is 3. The number of oxazole rings is 1. The van der Waals surface area contributed by atoms with Gasteiger partial charge in [0.15, 0.2) is 5.58 Å². The van der Waals surface area contributed by atoms with Crippen LogP contribution in [0, 0.1) is 6.92 Å². The number of esters is 1. The quantitative estimate of drug-likeness (QED) is 0.373. The van der Waals surface area contributed by atoms with Crippen molar-refractivity contribution in [1.29, 1.82) is 0 Å². The van der Waals surface area contributed by atoms with Crippen LogP contribution in [0.25, 0.3) is 11.1 Å². The molecule has 184 valence electrons. The SMILES string of the molecule is COC(=O)c1ccc(O[C@@H]2CCN(C(=O)Cc3ccc4nc(Nc5ccccc5C)oc4c3)C2)cc1. The van der Waals surface area contributed by atoms with Crippen LogP contribution in [0.15, 0.2) is 71.1 Å². The first-order chi connectivity index (χ1) is 17.5. The number of para-hydroxylation sites is 1. The Labute approximate surface area is 208 Å². The molecule has 2 heterocycles. The van der Waals surface area contributed by atoms with Crippen LogP contribution >= 0.6 is 0 Å². The number of ether oxygens (including phenoxy) is 2. The third-order valence-corrected chi connectivity index (χ3v) is 6.27. The van der Waals surface area contributed by atoms with E-state index in [2.05, 4.69) is 10.3 Å². The van der Waals surface area contributed by atoms with Gasteiger partial charge in [0.25, 0.3) is 6.01 Å². The lowest BCUT2D eigenvalue weighted by atomic mass is 10.1. The molecule has 0 bridgehead atoms. The summed E-state index contributed by atoms with van der Waals surface area (Å²) >= 11 is 0. The summed E-state index contributed by atoms with van der Waals surface area (Å²) in [6, 6.07) is 20.8. The van der Waals surface area contributed by atoms with E-state index in [9.17, 15) is 9.59 Å². The van der Waals surface area contributed by atoms with Gasteiger partial charge in [0.2, 0.25) is 5.91 Å². The molecular formula is C28H27N3O5. The zero-order valence-corrected chi connectivity index (χ0v) is 20.2. The number of methoxy groups -OCH3 is 1. The van der Waals surface area contributed by atoms with Crippen molar-refractivity contribution < 1.29 is 23.5 Å². The van der Waals surface area contributed by atoms with Gasteiger partial charge in [-0.15, -0.1) is 0 Å². The number of amides is 1. The minimum Gasteiger partial charge on any atom is -0.489 e. The van der Waals surface area contributed by atoms with Crippen molar-refractivity contribution in [2.45, 2.75) is 25.9 Å². The molecule has 1 N–H and O–H groups in total. The summed E-state index contributed by atoms with van der Waals surface area (Å²) in [6.45, 7) is 3.18. The Hall–Kier alpha value is -4.33. The standard InChI is InChI=1S/C28H27N3O5/c1-18-5-3-4-6-23(18)29-28-30-24-12-7-19(15-25(24)36-28)16-26(32)31-14-13-22(17-31)35-21-10-8-20(9-11-21)27(33)34-2/h3-12,15,22H,13-14,16-17H2,1-2H3,(H,29,30)/t22-/m1/s1. The summed E-state index contributed by atoms with van der Waals surface area (Å²) in [5.74, 6) is 0.314. The smallest absolute Gasteiger partial charge is 0.337 e. The highest BCUT2D eigenvalue weighted by Crippen LogP contribution is 2.25. The number of hydrogen-bond acceptors (Lipinski definition) is 7. The molecule has 1 amide bonds. The predicted molar refractivity (Wildman–Crippen MR) is 136 cm³/mol. The molecule has 1 aliphatic heterocycles. The summed E-state index contributed by atoms with van der Waals surface area (Å²) in [4.78, 5) is 30.8. The normalized spacial score (nSPS) is 15.2. The largest absolute Gasteiger partial charge is 0.489 e. The number of rotatable bonds is 7. The third kappa shape index (κ3) is 5.17. The fourth-order valence-corrected chi connectivity index (χ4v) is 4.28. The van der Waals surface area contributed by atoms with Gasteiger partial charge in [-0.25, -0.2) is 4.79 Å². The molecule has 0 saturated carbocycles. The van der Waals surface area contributed by atoms with Crippen LogP contribution in [0.5, 0.6) is 5.75 Å². The average Bonchev–Trinajstić information content (AvgIpc) is 3.52. The van der Waals surface area contributed by atoms with E-state index in [4.69, 9.17) is 13.9 Å². The number of likely N-dealkylation sites (tertiary alicyclic amines) is 1. The molecule has 0 spiro atoms. The topological polar surface area (TPSA) is 93.9 Å². The molecule has 1 atom stereocenters. The van der Waals surface area contributed by atoms with Crippen LogP contribution < -0.4 is 10.1 Å². The summed E-state index contributed by atoms with van der Waals surface area (Å²) in [5, 5.41) is 3.21. The van der Waals surface area contributed by atoms with E-state index in [1.165, 1.54) is 7.11 Å². The lowest BCUT2D eigenvalue weighted by molar-refractivity contribution is -0.129. The number of anilines is 2. The van der Waals surface area contributed by atoms with E-state index >= 15 is 0 Å². The fraction of sp³-hybridized carbons (Fsp3) is 0.250. The highest BCUT2D eigenvalue weighted by atomic mass is 16.5. The zero-order chi connectivity index (χ0) is 25.1. The lowest BCUT2D eigenvalue weighted by Gasteiger charge is -2.17. The Kier molecular flexibility index (Phi) is 6.58. The summed E-state index contributed by atoms with van der Waals surface area (Å²) in [7, 11) is 1.35. The minimum atomic E-state index is -0.388. The van der Waals surface area contributed by atoms with Crippen molar-refractivity contribution in [3.8, 4) is 5.75 Å².